The van der Waals surface area contributed by atoms with Crippen LogP contribution in [0.3, 0.4) is 0 Å². The zero-order chi connectivity index (χ0) is 14.6. The number of carboxylic acids is 1. The van der Waals surface area contributed by atoms with Gasteiger partial charge in [0.2, 0.25) is 5.91 Å². The van der Waals surface area contributed by atoms with E-state index in [1.807, 2.05) is 27.7 Å². The Morgan fingerprint density at radius 2 is 1.67 bits per heavy atom. The second-order valence-electron chi connectivity index (χ2n) is 3.38. The summed E-state index contributed by atoms with van der Waals surface area (Å²) in [5.74, 6) is -1.04. The third-order valence-electron chi connectivity index (χ3n) is 2.12. The molecule has 0 radical (unpaired) electrons. The molecule has 4 heteroatoms. The lowest BCUT2D eigenvalue weighted by molar-refractivity contribution is -0.121. The monoisotopic (exact) mass is 253 g/mol. The molecule has 0 aromatic heterocycles. The van der Waals surface area contributed by atoms with E-state index in [2.05, 4.69) is 0 Å². The van der Waals surface area contributed by atoms with Gasteiger partial charge in [-0.15, -0.1) is 0 Å². The number of carboxylic acid groups (broad SMARTS) is 1. The summed E-state index contributed by atoms with van der Waals surface area (Å²) in [5.41, 5.74) is 5.24. The van der Waals surface area contributed by atoms with Gasteiger partial charge < -0.3 is 10.8 Å². The van der Waals surface area contributed by atoms with Crippen LogP contribution in [0.5, 0.6) is 0 Å². The third kappa shape index (κ3) is 9.39. The number of rotatable bonds is 3. The van der Waals surface area contributed by atoms with Gasteiger partial charge in [-0.25, -0.2) is 4.79 Å². The molecule has 1 aromatic carbocycles. The predicted molar refractivity (Wildman–Crippen MR) is 73.4 cm³/mol. The van der Waals surface area contributed by atoms with E-state index in [0.717, 1.165) is 6.42 Å². The van der Waals surface area contributed by atoms with E-state index in [9.17, 15) is 9.59 Å². The number of amides is 1. The van der Waals surface area contributed by atoms with Gasteiger partial charge in [-0.2, -0.15) is 0 Å². The maximum absolute atomic E-state index is 10.2. The molecule has 0 spiro atoms. The van der Waals surface area contributed by atoms with Gasteiger partial charge in [0.05, 0.1) is 5.56 Å². The van der Waals surface area contributed by atoms with Gasteiger partial charge in [0.1, 0.15) is 0 Å². The summed E-state index contributed by atoms with van der Waals surface area (Å²) in [6.45, 7) is 7.76. The molecule has 0 fully saturated rings. The van der Waals surface area contributed by atoms with Gasteiger partial charge in [-0.05, 0) is 18.6 Å². The van der Waals surface area contributed by atoms with Crippen molar-refractivity contribution in [2.75, 3.05) is 0 Å². The van der Waals surface area contributed by atoms with Crippen LogP contribution in [0.25, 0.3) is 0 Å². The molecular weight excluding hydrogens is 230 g/mol. The van der Waals surface area contributed by atoms with Crippen LogP contribution >= 0.6 is 0 Å². The van der Waals surface area contributed by atoms with Gasteiger partial charge >= 0.3 is 5.97 Å². The second kappa shape index (κ2) is 11.6. The van der Waals surface area contributed by atoms with Crippen molar-refractivity contribution >= 4 is 11.9 Å². The first-order valence-electron chi connectivity index (χ1n) is 6.06. The lowest BCUT2D eigenvalue weighted by Gasteiger charge is -1.98. The first kappa shape index (κ1) is 18.5. The molecule has 0 aliphatic rings. The number of primary amides is 1. The highest BCUT2D eigenvalue weighted by atomic mass is 16.4. The van der Waals surface area contributed by atoms with Crippen LogP contribution in [-0.2, 0) is 4.79 Å². The topological polar surface area (TPSA) is 80.4 Å². The number of hydrogen-bond acceptors (Lipinski definition) is 2. The zero-order valence-electron chi connectivity index (χ0n) is 11.5. The minimum Gasteiger partial charge on any atom is -0.478 e. The van der Waals surface area contributed by atoms with E-state index < -0.39 is 5.97 Å². The first-order chi connectivity index (χ1) is 8.49. The van der Waals surface area contributed by atoms with Crippen molar-refractivity contribution in [3.63, 3.8) is 0 Å². The molecule has 1 rings (SSSR count). The van der Waals surface area contributed by atoms with E-state index in [1.165, 1.54) is 0 Å². The minimum atomic E-state index is -0.879. The molecule has 0 aliphatic heterocycles. The Morgan fingerprint density at radius 3 is 1.83 bits per heavy atom. The summed E-state index contributed by atoms with van der Waals surface area (Å²) in [4.78, 5) is 20.4. The van der Waals surface area contributed by atoms with Crippen molar-refractivity contribution in [2.24, 2.45) is 11.7 Å². The number of benzene rings is 1. The smallest absolute Gasteiger partial charge is 0.335 e. The number of nitrogens with two attached hydrogens (primary N) is 1. The molecule has 1 aromatic rings. The fraction of sp³-hybridized carbons (Fsp3) is 0.429. The summed E-state index contributed by atoms with van der Waals surface area (Å²) in [6.07, 6.45) is 0.843. The van der Waals surface area contributed by atoms with Crippen LogP contribution in [0.15, 0.2) is 30.3 Å². The Bertz CT molecular complexity index is 336. The second-order valence-corrected chi connectivity index (χ2v) is 3.38. The normalized spacial score (nSPS) is 10.0. The molecule has 1 amide bonds. The van der Waals surface area contributed by atoms with Crippen LogP contribution in [0.2, 0.25) is 0 Å². The highest BCUT2D eigenvalue weighted by Crippen LogP contribution is 1.96. The Hall–Kier alpha value is -1.84. The Labute approximate surface area is 109 Å². The van der Waals surface area contributed by atoms with Gasteiger partial charge in [0.25, 0.3) is 0 Å². The maximum Gasteiger partial charge on any atom is 0.335 e. The number of carbonyl (C=O) groups is 2. The first-order valence-corrected chi connectivity index (χ1v) is 6.06. The van der Waals surface area contributed by atoms with E-state index in [1.54, 1.807) is 30.3 Å². The minimum absolute atomic E-state index is 0.0417. The summed E-state index contributed by atoms with van der Waals surface area (Å²) in [6, 6.07) is 8.30. The molecule has 0 saturated heterocycles. The Morgan fingerprint density at radius 1 is 1.22 bits per heavy atom. The van der Waals surface area contributed by atoms with Crippen LogP contribution in [0, 0.1) is 5.92 Å². The van der Waals surface area contributed by atoms with Gasteiger partial charge in [0, 0.05) is 5.92 Å². The van der Waals surface area contributed by atoms with Crippen LogP contribution in [-0.4, -0.2) is 17.0 Å². The highest BCUT2D eigenvalue weighted by Gasteiger charge is 2.02. The molecule has 18 heavy (non-hydrogen) atoms. The predicted octanol–water partition coefficient (Wildman–Crippen LogP) is 2.93. The van der Waals surface area contributed by atoms with Crippen molar-refractivity contribution < 1.29 is 14.7 Å². The molecule has 0 saturated carbocycles. The standard InChI is InChI=1S/C7H6O2.C5H11NO.C2H6/c8-7(9)6-4-2-1-3-5-6;1-3-4(2)5(6)7;1-2/h1-5H,(H,8,9);4H,3H2,1-2H3,(H2,6,7);1-2H3. The van der Waals surface area contributed by atoms with E-state index in [4.69, 9.17) is 10.8 Å². The van der Waals surface area contributed by atoms with Gasteiger partial charge in [-0.3, -0.25) is 4.79 Å². The highest BCUT2D eigenvalue weighted by molar-refractivity contribution is 5.87. The molecule has 4 nitrogen and oxygen atoms in total. The van der Waals surface area contributed by atoms with Crippen molar-refractivity contribution in [1.29, 1.82) is 0 Å². The average Bonchev–Trinajstić information content (AvgIpc) is 2.41. The van der Waals surface area contributed by atoms with Crippen LogP contribution < -0.4 is 5.73 Å². The largest absolute Gasteiger partial charge is 0.478 e. The molecule has 0 aliphatic carbocycles. The maximum atomic E-state index is 10.2. The number of hydrogen-bond donors (Lipinski definition) is 2. The summed E-state index contributed by atoms with van der Waals surface area (Å²) in [7, 11) is 0. The summed E-state index contributed by atoms with van der Waals surface area (Å²) in [5, 5.41) is 8.38. The Kier molecular flexibility index (Phi) is 12.0. The van der Waals surface area contributed by atoms with Crippen LogP contribution in [0.4, 0.5) is 0 Å². The summed E-state index contributed by atoms with van der Waals surface area (Å²) >= 11 is 0. The molecule has 0 heterocycles. The van der Waals surface area contributed by atoms with E-state index in [-0.39, 0.29) is 11.8 Å². The number of aromatic carboxylic acids is 1. The SMILES string of the molecule is CC.CCC(C)C(N)=O.O=C(O)c1ccccc1. The fourth-order valence-corrected chi connectivity index (χ4v) is 0.782. The summed E-state index contributed by atoms with van der Waals surface area (Å²) < 4.78 is 0. The molecule has 1 unspecified atom stereocenters. The fourth-order valence-electron chi connectivity index (χ4n) is 0.782. The van der Waals surface area contributed by atoms with E-state index >= 15 is 0 Å². The third-order valence-corrected chi connectivity index (χ3v) is 2.12. The van der Waals surface area contributed by atoms with Crippen molar-refractivity contribution in [3.8, 4) is 0 Å². The van der Waals surface area contributed by atoms with Crippen molar-refractivity contribution in [3.05, 3.63) is 35.9 Å². The van der Waals surface area contributed by atoms with Gasteiger partial charge in [-0.1, -0.05) is 45.9 Å². The van der Waals surface area contributed by atoms with Crippen LogP contribution in [0.1, 0.15) is 44.5 Å². The lowest BCUT2D eigenvalue weighted by Crippen LogP contribution is -2.19. The Balaban J connectivity index is 0. The number of carbonyl (C=O) groups excluding carboxylic acids is 1. The average molecular weight is 253 g/mol. The van der Waals surface area contributed by atoms with Gasteiger partial charge in [0.15, 0.2) is 0 Å². The lowest BCUT2D eigenvalue weighted by atomic mass is 10.1. The molecule has 102 valence electrons. The molecule has 0 bridgehead atoms. The van der Waals surface area contributed by atoms with E-state index in [0.29, 0.717) is 5.56 Å². The molecule has 1 atom stereocenters. The van der Waals surface area contributed by atoms with Crippen molar-refractivity contribution in [2.45, 2.75) is 34.1 Å². The van der Waals surface area contributed by atoms with Crippen molar-refractivity contribution in [1.82, 2.24) is 0 Å². The quantitative estimate of drug-likeness (QED) is 0.869. The zero-order valence-corrected chi connectivity index (χ0v) is 11.5. The molecular formula is C14H23NO3. The molecule has 3 N–H and O–H groups in total.